The zero-order valence-electron chi connectivity index (χ0n) is 12.7. The van der Waals surface area contributed by atoms with Crippen LogP contribution in [0.4, 0.5) is 0 Å². The monoisotopic (exact) mass is 272 g/mol. The summed E-state index contributed by atoms with van der Waals surface area (Å²) >= 11 is 0. The smallest absolute Gasteiger partial charge is 0.0237 e. The first-order valence-corrected chi connectivity index (χ1v) is 8.33. The Hall–Kier alpha value is -0.860. The van der Waals surface area contributed by atoms with E-state index in [-0.39, 0.29) is 0 Å². The van der Waals surface area contributed by atoms with E-state index in [0.717, 1.165) is 24.9 Å². The van der Waals surface area contributed by atoms with Crippen LogP contribution in [-0.4, -0.2) is 24.0 Å². The van der Waals surface area contributed by atoms with Gasteiger partial charge in [0.25, 0.3) is 0 Å². The molecule has 3 rings (SSSR count). The second kappa shape index (κ2) is 6.28. The Morgan fingerprint density at radius 1 is 1.15 bits per heavy atom. The predicted octanol–water partition coefficient (Wildman–Crippen LogP) is 3.51. The second-order valence-electron chi connectivity index (χ2n) is 6.67. The Labute approximate surface area is 123 Å². The Balaban J connectivity index is 1.60. The fourth-order valence-corrected chi connectivity index (χ4v) is 3.55. The first-order chi connectivity index (χ1) is 9.80. The first-order valence-electron chi connectivity index (χ1n) is 8.33. The number of hydrogen-bond donors (Lipinski definition) is 1. The minimum absolute atomic E-state index is 0.580. The quantitative estimate of drug-likeness (QED) is 0.888. The molecule has 0 aromatic heterocycles. The molecule has 0 amide bonds. The van der Waals surface area contributed by atoms with Crippen molar-refractivity contribution in [3.8, 4) is 0 Å². The third kappa shape index (κ3) is 3.24. The highest BCUT2D eigenvalue weighted by Gasteiger charge is 2.27. The third-order valence-electron chi connectivity index (χ3n) is 5.21. The molecule has 2 atom stereocenters. The molecule has 1 saturated carbocycles. The third-order valence-corrected chi connectivity index (χ3v) is 5.21. The van der Waals surface area contributed by atoms with Gasteiger partial charge in [0.05, 0.1) is 0 Å². The minimum Gasteiger partial charge on any atom is -0.329 e. The summed E-state index contributed by atoms with van der Waals surface area (Å²) in [5.41, 5.74) is 8.98. The fourth-order valence-electron chi connectivity index (χ4n) is 3.55. The van der Waals surface area contributed by atoms with Gasteiger partial charge in [-0.3, -0.25) is 4.90 Å². The van der Waals surface area contributed by atoms with Crippen molar-refractivity contribution in [2.45, 2.75) is 57.5 Å². The molecule has 1 aliphatic carbocycles. The molecule has 2 unspecified atom stereocenters. The molecule has 1 aromatic carbocycles. The maximum Gasteiger partial charge on any atom is 0.0237 e. The van der Waals surface area contributed by atoms with Crippen LogP contribution in [0.2, 0.25) is 0 Å². The molecule has 2 nitrogen and oxygen atoms in total. The van der Waals surface area contributed by atoms with E-state index >= 15 is 0 Å². The van der Waals surface area contributed by atoms with Crippen molar-refractivity contribution in [3.05, 3.63) is 35.4 Å². The molecular weight excluding hydrogens is 244 g/mol. The number of nitrogens with two attached hydrogens (primary N) is 1. The van der Waals surface area contributed by atoms with E-state index in [1.54, 1.807) is 0 Å². The molecule has 0 spiro atoms. The van der Waals surface area contributed by atoms with Gasteiger partial charge in [0.2, 0.25) is 0 Å². The van der Waals surface area contributed by atoms with Crippen molar-refractivity contribution in [2.24, 2.45) is 11.7 Å². The van der Waals surface area contributed by atoms with Crippen LogP contribution in [0, 0.1) is 5.92 Å². The largest absolute Gasteiger partial charge is 0.329 e. The maximum atomic E-state index is 5.99. The Morgan fingerprint density at radius 3 is 2.50 bits per heavy atom. The summed E-state index contributed by atoms with van der Waals surface area (Å²) in [5, 5.41) is 0. The van der Waals surface area contributed by atoms with E-state index in [1.165, 1.54) is 49.8 Å². The Morgan fingerprint density at radius 2 is 1.90 bits per heavy atom. The van der Waals surface area contributed by atoms with Gasteiger partial charge in [0.1, 0.15) is 0 Å². The van der Waals surface area contributed by atoms with Gasteiger partial charge in [0, 0.05) is 19.1 Å². The molecule has 1 aromatic rings. The molecule has 2 heteroatoms. The lowest BCUT2D eigenvalue weighted by Crippen LogP contribution is -2.45. The predicted molar refractivity (Wildman–Crippen MR) is 84.7 cm³/mol. The van der Waals surface area contributed by atoms with E-state index in [9.17, 15) is 0 Å². The second-order valence-corrected chi connectivity index (χ2v) is 6.67. The van der Waals surface area contributed by atoms with Crippen LogP contribution in [-0.2, 0) is 6.54 Å². The zero-order chi connectivity index (χ0) is 13.9. The molecule has 0 bridgehead atoms. The number of benzene rings is 1. The summed E-state index contributed by atoms with van der Waals surface area (Å²) in [5.74, 6) is 1.75. The van der Waals surface area contributed by atoms with Gasteiger partial charge in [-0.05, 0) is 55.2 Å². The molecule has 110 valence electrons. The number of hydrogen-bond acceptors (Lipinski definition) is 2. The lowest BCUT2D eigenvalue weighted by atomic mass is 9.88. The molecular formula is C18H28N2. The molecule has 2 N–H and O–H groups in total. The van der Waals surface area contributed by atoms with Gasteiger partial charge in [-0.15, -0.1) is 0 Å². The van der Waals surface area contributed by atoms with E-state index < -0.39 is 0 Å². The Bertz CT molecular complexity index is 422. The van der Waals surface area contributed by atoms with E-state index in [1.807, 2.05) is 0 Å². The molecule has 2 fully saturated rings. The van der Waals surface area contributed by atoms with E-state index in [4.69, 9.17) is 5.73 Å². The van der Waals surface area contributed by atoms with Crippen LogP contribution < -0.4 is 5.73 Å². The van der Waals surface area contributed by atoms with Gasteiger partial charge < -0.3 is 5.73 Å². The number of nitrogens with zero attached hydrogens (tertiary/aromatic N) is 1. The average molecular weight is 272 g/mol. The van der Waals surface area contributed by atoms with Crippen LogP contribution in [0.1, 0.15) is 56.1 Å². The molecule has 1 saturated heterocycles. The minimum atomic E-state index is 0.580. The van der Waals surface area contributed by atoms with Gasteiger partial charge >= 0.3 is 0 Å². The number of rotatable bonds is 5. The van der Waals surface area contributed by atoms with Gasteiger partial charge in [-0.25, -0.2) is 0 Å². The van der Waals surface area contributed by atoms with Gasteiger partial charge in [0.15, 0.2) is 0 Å². The van der Waals surface area contributed by atoms with Crippen LogP contribution in [0.5, 0.6) is 0 Å². The van der Waals surface area contributed by atoms with Gasteiger partial charge in [-0.2, -0.15) is 0 Å². The summed E-state index contributed by atoms with van der Waals surface area (Å²) < 4.78 is 0. The van der Waals surface area contributed by atoms with Gasteiger partial charge in [-0.1, -0.05) is 37.6 Å². The van der Waals surface area contributed by atoms with Crippen molar-refractivity contribution < 1.29 is 0 Å². The van der Waals surface area contributed by atoms with Crippen molar-refractivity contribution in [1.82, 2.24) is 4.90 Å². The summed E-state index contributed by atoms with van der Waals surface area (Å²) in [6, 6.07) is 9.91. The highest BCUT2D eigenvalue weighted by Crippen LogP contribution is 2.40. The van der Waals surface area contributed by atoms with Crippen LogP contribution in [0.25, 0.3) is 0 Å². The maximum absolute atomic E-state index is 5.99. The summed E-state index contributed by atoms with van der Waals surface area (Å²) in [6.07, 6.45) is 6.71. The van der Waals surface area contributed by atoms with E-state index in [2.05, 4.69) is 36.1 Å². The molecule has 1 heterocycles. The van der Waals surface area contributed by atoms with Crippen molar-refractivity contribution in [2.75, 3.05) is 13.1 Å². The highest BCUT2D eigenvalue weighted by atomic mass is 15.2. The van der Waals surface area contributed by atoms with Crippen LogP contribution in [0.3, 0.4) is 0 Å². The van der Waals surface area contributed by atoms with Crippen LogP contribution in [0.15, 0.2) is 24.3 Å². The van der Waals surface area contributed by atoms with Crippen molar-refractivity contribution in [1.29, 1.82) is 0 Å². The van der Waals surface area contributed by atoms with E-state index in [0.29, 0.717) is 6.04 Å². The first kappa shape index (κ1) is 14.1. The van der Waals surface area contributed by atoms with Crippen molar-refractivity contribution >= 4 is 0 Å². The topological polar surface area (TPSA) is 29.3 Å². The Kier molecular flexibility index (Phi) is 4.42. The molecule has 0 radical (unpaired) electrons. The molecule has 20 heavy (non-hydrogen) atoms. The lowest BCUT2D eigenvalue weighted by Gasteiger charge is -2.39. The van der Waals surface area contributed by atoms with Crippen molar-refractivity contribution in [3.63, 3.8) is 0 Å². The fraction of sp³-hybridized carbons (Fsp3) is 0.667. The molecule has 2 aliphatic rings. The van der Waals surface area contributed by atoms with Crippen LogP contribution >= 0.6 is 0 Å². The molecule has 1 aliphatic heterocycles. The summed E-state index contributed by atoms with van der Waals surface area (Å²) in [6.45, 7) is 5.40. The summed E-state index contributed by atoms with van der Waals surface area (Å²) in [4.78, 5) is 2.60. The SMILES string of the molecule is CCC1CCN(Cc2ccc(C3CC3)cc2)C(CN)C1. The highest BCUT2D eigenvalue weighted by molar-refractivity contribution is 5.28. The number of piperidine rings is 1. The summed E-state index contributed by atoms with van der Waals surface area (Å²) in [7, 11) is 0. The lowest BCUT2D eigenvalue weighted by molar-refractivity contribution is 0.107. The zero-order valence-corrected chi connectivity index (χ0v) is 12.7. The number of likely N-dealkylation sites (tertiary alicyclic amines) is 1. The standard InChI is InChI=1S/C18H28N2/c1-2-14-9-10-20(18(11-14)12-19)13-15-3-5-16(6-4-15)17-7-8-17/h3-6,14,17-18H,2,7-13,19H2,1H3. The average Bonchev–Trinajstić information content (AvgIpc) is 3.33. The normalized spacial score (nSPS) is 27.7.